The maximum absolute atomic E-state index is 13.5. The number of methoxy groups -OCH3 is 2. The first-order valence-electron chi connectivity index (χ1n) is 8.32. The van der Waals surface area contributed by atoms with E-state index in [1.54, 1.807) is 19.2 Å². The fourth-order valence-electron chi connectivity index (χ4n) is 3.26. The first-order chi connectivity index (χ1) is 12.4. The highest BCUT2D eigenvalue weighted by molar-refractivity contribution is 7.89. The number of hydrogen-bond acceptors (Lipinski definition) is 6. The van der Waals surface area contributed by atoms with Crippen LogP contribution in [0.1, 0.15) is 17.4 Å². The first-order valence-corrected chi connectivity index (χ1v) is 9.76. The molecule has 150 valence electrons. The Morgan fingerprint density at radius 1 is 1.22 bits per heavy atom. The lowest BCUT2D eigenvalue weighted by atomic mass is 10.2. The molecule has 1 atom stereocenters. The minimum atomic E-state index is -3.74. The van der Waals surface area contributed by atoms with Crippen molar-refractivity contribution in [3.05, 3.63) is 35.9 Å². The van der Waals surface area contributed by atoms with Gasteiger partial charge in [0.05, 0.1) is 25.2 Å². The van der Waals surface area contributed by atoms with Crippen LogP contribution in [0, 0.1) is 6.92 Å². The number of imidazole rings is 1. The van der Waals surface area contributed by atoms with Gasteiger partial charge < -0.3 is 19.4 Å². The average Bonchev–Trinajstić information content (AvgIpc) is 3.07. The molecule has 10 heteroatoms. The molecular formula is C17H25ClN4O4S. The Bertz CT molecular complexity index is 900. The maximum atomic E-state index is 13.5. The van der Waals surface area contributed by atoms with Crippen molar-refractivity contribution >= 4 is 22.4 Å². The molecule has 0 radical (unpaired) electrons. The molecule has 0 amide bonds. The van der Waals surface area contributed by atoms with Gasteiger partial charge in [-0.1, -0.05) is 0 Å². The zero-order valence-electron chi connectivity index (χ0n) is 15.8. The second kappa shape index (κ2) is 8.47. The van der Waals surface area contributed by atoms with E-state index in [2.05, 4.69) is 10.3 Å². The second-order valence-electron chi connectivity index (χ2n) is 6.20. The average molecular weight is 417 g/mol. The van der Waals surface area contributed by atoms with Crippen LogP contribution >= 0.6 is 12.4 Å². The molecular weight excluding hydrogens is 392 g/mol. The first kappa shape index (κ1) is 21.5. The van der Waals surface area contributed by atoms with Crippen molar-refractivity contribution in [1.29, 1.82) is 0 Å². The summed E-state index contributed by atoms with van der Waals surface area (Å²) in [5, 5.41) is 3.26. The molecule has 2 aromatic rings. The van der Waals surface area contributed by atoms with Gasteiger partial charge in [-0.3, -0.25) is 0 Å². The Balaban J connectivity index is 0.00000261. The van der Waals surface area contributed by atoms with Gasteiger partial charge in [0.25, 0.3) is 0 Å². The van der Waals surface area contributed by atoms with E-state index < -0.39 is 10.0 Å². The lowest BCUT2D eigenvalue weighted by Crippen LogP contribution is -2.49. The van der Waals surface area contributed by atoms with Crippen LogP contribution in [0.25, 0.3) is 0 Å². The van der Waals surface area contributed by atoms with E-state index in [4.69, 9.17) is 9.47 Å². The lowest BCUT2D eigenvalue weighted by Gasteiger charge is -2.35. The van der Waals surface area contributed by atoms with E-state index in [1.165, 1.54) is 24.6 Å². The van der Waals surface area contributed by atoms with Gasteiger partial charge in [-0.15, -0.1) is 12.4 Å². The number of sulfonamides is 1. The molecule has 3 rings (SSSR count). The lowest BCUT2D eigenvalue weighted by molar-refractivity contribution is 0.258. The van der Waals surface area contributed by atoms with Crippen molar-refractivity contribution in [2.75, 3.05) is 33.9 Å². The fraction of sp³-hybridized carbons (Fsp3) is 0.471. The van der Waals surface area contributed by atoms with Crippen molar-refractivity contribution < 1.29 is 17.9 Å². The SMILES string of the molecule is COc1cc(C)c(S(=O)(=O)N2CCNCC2c2nccn2C)cc1OC.Cl. The molecule has 1 N–H and O–H groups in total. The van der Waals surface area contributed by atoms with Gasteiger partial charge in [0, 0.05) is 45.1 Å². The predicted molar refractivity (Wildman–Crippen MR) is 104 cm³/mol. The van der Waals surface area contributed by atoms with Crippen LogP contribution in [0.15, 0.2) is 29.4 Å². The van der Waals surface area contributed by atoms with Gasteiger partial charge in [-0.2, -0.15) is 4.31 Å². The summed E-state index contributed by atoms with van der Waals surface area (Å²) in [5.41, 5.74) is 0.611. The summed E-state index contributed by atoms with van der Waals surface area (Å²) in [6, 6.07) is 2.84. The molecule has 1 saturated heterocycles. The minimum Gasteiger partial charge on any atom is -0.493 e. The summed E-state index contributed by atoms with van der Waals surface area (Å²) < 4.78 is 40.8. The summed E-state index contributed by atoms with van der Waals surface area (Å²) >= 11 is 0. The third kappa shape index (κ3) is 3.91. The molecule has 2 heterocycles. The summed E-state index contributed by atoms with van der Waals surface area (Å²) in [4.78, 5) is 4.57. The number of nitrogens with one attached hydrogen (secondary N) is 1. The highest BCUT2D eigenvalue weighted by Crippen LogP contribution is 2.36. The highest BCUT2D eigenvalue weighted by atomic mass is 35.5. The van der Waals surface area contributed by atoms with Crippen molar-refractivity contribution in [3.63, 3.8) is 0 Å². The predicted octanol–water partition coefficient (Wildman–Crippen LogP) is 1.50. The summed E-state index contributed by atoms with van der Waals surface area (Å²) in [6.45, 7) is 3.23. The molecule has 0 aliphatic carbocycles. The van der Waals surface area contributed by atoms with Gasteiger partial charge in [-0.05, 0) is 18.6 Å². The van der Waals surface area contributed by atoms with Crippen LogP contribution in [-0.4, -0.2) is 56.1 Å². The Hall–Kier alpha value is -1.81. The van der Waals surface area contributed by atoms with Crippen LogP contribution in [0.4, 0.5) is 0 Å². The van der Waals surface area contributed by atoms with E-state index in [1.807, 2.05) is 17.8 Å². The summed E-state index contributed by atoms with van der Waals surface area (Å²) in [7, 11) is 1.14. The number of nitrogens with zero attached hydrogens (tertiary/aromatic N) is 3. The number of ether oxygens (including phenoxy) is 2. The zero-order valence-corrected chi connectivity index (χ0v) is 17.4. The number of hydrogen-bond donors (Lipinski definition) is 1. The molecule has 0 spiro atoms. The second-order valence-corrected chi connectivity index (χ2v) is 8.06. The Kier molecular flexibility index (Phi) is 6.74. The third-order valence-electron chi connectivity index (χ3n) is 4.62. The van der Waals surface area contributed by atoms with E-state index >= 15 is 0 Å². The van der Waals surface area contributed by atoms with Crippen molar-refractivity contribution in [2.24, 2.45) is 7.05 Å². The number of aromatic nitrogens is 2. The molecule has 1 aromatic heterocycles. The van der Waals surface area contributed by atoms with Crippen LogP contribution < -0.4 is 14.8 Å². The van der Waals surface area contributed by atoms with E-state index in [9.17, 15) is 8.42 Å². The van der Waals surface area contributed by atoms with E-state index in [0.29, 0.717) is 42.5 Å². The molecule has 1 aliphatic rings. The zero-order chi connectivity index (χ0) is 18.9. The third-order valence-corrected chi connectivity index (χ3v) is 6.67. The fourth-order valence-corrected chi connectivity index (χ4v) is 5.07. The summed E-state index contributed by atoms with van der Waals surface area (Å²) in [6.07, 6.45) is 3.49. The van der Waals surface area contributed by atoms with Crippen LogP contribution in [0.5, 0.6) is 11.5 Å². The number of rotatable bonds is 5. The van der Waals surface area contributed by atoms with Crippen LogP contribution in [0.3, 0.4) is 0 Å². The van der Waals surface area contributed by atoms with Crippen LogP contribution in [-0.2, 0) is 17.1 Å². The van der Waals surface area contributed by atoms with Crippen LogP contribution in [0.2, 0.25) is 0 Å². The number of piperazine rings is 1. The van der Waals surface area contributed by atoms with Gasteiger partial charge in [0.1, 0.15) is 5.82 Å². The maximum Gasteiger partial charge on any atom is 0.244 e. The number of benzene rings is 1. The van der Waals surface area contributed by atoms with Crippen molar-refractivity contribution in [3.8, 4) is 11.5 Å². The number of aryl methyl sites for hydroxylation is 2. The molecule has 1 aromatic carbocycles. The molecule has 1 unspecified atom stereocenters. The highest BCUT2D eigenvalue weighted by Gasteiger charge is 2.37. The van der Waals surface area contributed by atoms with Crippen molar-refractivity contribution in [1.82, 2.24) is 19.2 Å². The normalized spacial score (nSPS) is 18.0. The molecule has 8 nitrogen and oxygen atoms in total. The van der Waals surface area contributed by atoms with Gasteiger partial charge in [0.2, 0.25) is 10.0 Å². The summed E-state index contributed by atoms with van der Waals surface area (Å²) in [5.74, 6) is 1.60. The monoisotopic (exact) mass is 416 g/mol. The largest absolute Gasteiger partial charge is 0.493 e. The Labute approximate surface area is 165 Å². The van der Waals surface area contributed by atoms with E-state index in [-0.39, 0.29) is 23.3 Å². The topological polar surface area (TPSA) is 85.7 Å². The van der Waals surface area contributed by atoms with Gasteiger partial charge in [0.15, 0.2) is 11.5 Å². The quantitative estimate of drug-likeness (QED) is 0.795. The van der Waals surface area contributed by atoms with Crippen molar-refractivity contribution in [2.45, 2.75) is 17.9 Å². The Morgan fingerprint density at radius 3 is 2.48 bits per heavy atom. The van der Waals surface area contributed by atoms with Gasteiger partial charge in [-0.25, -0.2) is 13.4 Å². The molecule has 27 heavy (non-hydrogen) atoms. The molecule has 1 fully saturated rings. The molecule has 0 saturated carbocycles. The molecule has 1 aliphatic heterocycles. The van der Waals surface area contributed by atoms with E-state index in [0.717, 1.165) is 0 Å². The Morgan fingerprint density at radius 2 is 1.89 bits per heavy atom. The minimum absolute atomic E-state index is 0. The smallest absolute Gasteiger partial charge is 0.244 e. The van der Waals surface area contributed by atoms with Gasteiger partial charge >= 0.3 is 0 Å². The number of halogens is 1. The molecule has 0 bridgehead atoms. The standard InChI is InChI=1S/C17H24N4O4S.ClH/c1-12-9-14(24-3)15(25-4)10-16(12)26(22,23)21-8-5-18-11-13(21)17-19-6-7-20(17)2;/h6-7,9-10,13,18H,5,8,11H2,1-4H3;1H.